The van der Waals surface area contributed by atoms with Gasteiger partial charge < -0.3 is 14.4 Å². The van der Waals surface area contributed by atoms with Crippen LogP contribution >= 0.6 is 15.9 Å². The van der Waals surface area contributed by atoms with Crippen LogP contribution in [0.4, 0.5) is 4.39 Å². The molecule has 0 aliphatic carbocycles. The molecule has 0 fully saturated rings. The van der Waals surface area contributed by atoms with Crippen molar-refractivity contribution in [1.82, 2.24) is 4.90 Å². The van der Waals surface area contributed by atoms with Crippen LogP contribution in [0.25, 0.3) is 0 Å². The lowest BCUT2D eigenvalue weighted by Gasteiger charge is -2.22. The Morgan fingerprint density at radius 1 is 1.19 bits per heavy atom. The molecule has 6 heteroatoms. The Balaban J connectivity index is 2.73. The van der Waals surface area contributed by atoms with Gasteiger partial charge in [-0.2, -0.15) is 0 Å². The van der Waals surface area contributed by atoms with Crippen molar-refractivity contribution in [2.75, 3.05) is 39.5 Å². The van der Waals surface area contributed by atoms with Gasteiger partial charge in [-0.3, -0.25) is 4.79 Å². The predicted molar refractivity (Wildman–Crippen MR) is 83.0 cm³/mol. The van der Waals surface area contributed by atoms with Gasteiger partial charge in [-0.1, -0.05) is 0 Å². The highest BCUT2D eigenvalue weighted by Gasteiger charge is 2.16. The van der Waals surface area contributed by atoms with Crippen molar-refractivity contribution in [3.8, 4) is 0 Å². The van der Waals surface area contributed by atoms with Gasteiger partial charge >= 0.3 is 0 Å². The molecule has 0 saturated heterocycles. The summed E-state index contributed by atoms with van der Waals surface area (Å²) >= 11 is 3.10. The van der Waals surface area contributed by atoms with E-state index < -0.39 is 0 Å². The number of benzene rings is 1. The third kappa shape index (κ3) is 6.11. The number of amides is 1. The average Bonchev–Trinajstić information content (AvgIpc) is 2.48. The molecule has 0 N–H and O–H groups in total. The second-order valence-electron chi connectivity index (χ2n) is 4.31. The number of carbonyl (C=O) groups excluding carboxylic acids is 1. The lowest BCUT2D eigenvalue weighted by atomic mass is 10.2. The molecule has 21 heavy (non-hydrogen) atoms. The third-order valence-electron chi connectivity index (χ3n) is 2.87. The summed E-state index contributed by atoms with van der Waals surface area (Å²) in [6.07, 6.45) is 0. The van der Waals surface area contributed by atoms with Gasteiger partial charge in [0.05, 0.1) is 17.7 Å². The summed E-state index contributed by atoms with van der Waals surface area (Å²) in [5.41, 5.74) is 0.441. The Labute approximate surface area is 133 Å². The van der Waals surface area contributed by atoms with Crippen molar-refractivity contribution in [2.45, 2.75) is 13.8 Å². The van der Waals surface area contributed by atoms with Crippen molar-refractivity contribution >= 4 is 21.8 Å². The van der Waals surface area contributed by atoms with E-state index in [9.17, 15) is 9.18 Å². The smallest absolute Gasteiger partial charge is 0.254 e. The highest BCUT2D eigenvalue weighted by Crippen LogP contribution is 2.18. The molecule has 1 amide bonds. The molecule has 0 spiro atoms. The molecule has 0 aromatic heterocycles. The molecule has 0 unspecified atom stereocenters. The summed E-state index contributed by atoms with van der Waals surface area (Å²) in [6.45, 7) is 6.93. The van der Waals surface area contributed by atoms with E-state index in [1.54, 1.807) is 4.90 Å². The standard InChI is InChI=1S/C15H21BrFNO3/c1-3-20-9-7-18(8-10-21-4-2)15(19)12-5-6-14(17)13(16)11-12/h5-6,11H,3-4,7-10H2,1-2H3. The lowest BCUT2D eigenvalue weighted by Crippen LogP contribution is -2.36. The number of hydrogen-bond acceptors (Lipinski definition) is 3. The van der Waals surface area contributed by atoms with E-state index in [2.05, 4.69) is 15.9 Å². The number of carbonyl (C=O) groups is 1. The Morgan fingerprint density at radius 2 is 1.76 bits per heavy atom. The second kappa shape index (κ2) is 9.87. The first-order valence-corrected chi connectivity index (χ1v) is 7.79. The van der Waals surface area contributed by atoms with Crippen LogP contribution in [0.15, 0.2) is 22.7 Å². The maximum absolute atomic E-state index is 13.2. The molecule has 0 atom stereocenters. The van der Waals surface area contributed by atoms with E-state index in [1.165, 1.54) is 18.2 Å². The summed E-state index contributed by atoms with van der Waals surface area (Å²) in [5.74, 6) is -0.545. The molecule has 0 bridgehead atoms. The maximum Gasteiger partial charge on any atom is 0.254 e. The summed E-state index contributed by atoms with van der Waals surface area (Å²) in [4.78, 5) is 14.1. The maximum atomic E-state index is 13.2. The third-order valence-corrected chi connectivity index (χ3v) is 3.48. The number of nitrogens with zero attached hydrogens (tertiary/aromatic N) is 1. The fourth-order valence-corrected chi connectivity index (χ4v) is 2.14. The van der Waals surface area contributed by atoms with Crippen molar-refractivity contribution in [1.29, 1.82) is 0 Å². The van der Waals surface area contributed by atoms with Crippen molar-refractivity contribution in [3.63, 3.8) is 0 Å². The minimum Gasteiger partial charge on any atom is -0.380 e. The molecular formula is C15H21BrFNO3. The number of halogens is 2. The van der Waals surface area contributed by atoms with E-state index in [0.717, 1.165) is 0 Å². The summed E-state index contributed by atoms with van der Waals surface area (Å²) < 4.78 is 24.1. The molecule has 1 rings (SSSR count). The average molecular weight is 362 g/mol. The number of hydrogen-bond donors (Lipinski definition) is 0. The van der Waals surface area contributed by atoms with E-state index in [0.29, 0.717) is 45.1 Å². The molecule has 1 aromatic rings. The normalized spacial score (nSPS) is 10.7. The molecule has 0 aliphatic heterocycles. The van der Waals surface area contributed by atoms with Gasteiger partial charge in [0.25, 0.3) is 5.91 Å². The second-order valence-corrected chi connectivity index (χ2v) is 5.17. The van der Waals surface area contributed by atoms with E-state index in [-0.39, 0.29) is 16.2 Å². The molecule has 0 aliphatic rings. The highest BCUT2D eigenvalue weighted by molar-refractivity contribution is 9.10. The van der Waals surface area contributed by atoms with Crippen molar-refractivity contribution < 1.29 is 18.7 Å². The van der Waals surface area contributed by atoms with Gasteiger partial charge in [0.2, 0.25) is 0 Å². The van der Waals surface area contributed by atoms with E-state index in [1.807, 2.05) is 13.8 Å². The largest absolute Gasteiger partial charge is 0.380 e. The van der Waals surface area contributed by atoms with Crippen LogP contribution in [-0.4, -0.2) is 50.3 Å². The summed E-state index contributed by atoms with van der Waals surface area (Å²) in [7, 11) is 0. The fourth-order valence-electron chi connectivity index (χ4n) is 1.76. The van der Waals surface area contributed by atoms with E-state index >= 15 is 0 Å². The first-order valence-electron chi connectivity index (χ1n) is 7.00. The van der Waals surface area contributed by atoms with Gasteiger partial charge in [-0.25, -0.2) is 4.39 Å². The topological polar surface area (TPSA) is 38.8 Å². The van der Waals surface area contributed by atoms with Crippen LogP contribution in [0, 0.1) is 5.82 Å². The number of ether oxygens (including phenoxy) is 2. The lowest BCUT2D eigenvalue weighted by molar-refractivity contribution is 0.0550. The quantitative estimate of drug-likeness (QED) is 0.634. The zero-order valence-electron chi connectivity index (χ0n) is 12.4. The van der Waals surface area contributed by atoms with Gasteiger partial charge in [0, 0.05) is 31.9 Å². The molecule has 0 saturated carbocycles. The van der Waals surface area contributed by atoms with Gasteiger partial charge in [0.1, 0.15) is 5.82 Å². The molecule has 118 valence electrons. The van der Waals surface area contributed by atoms with Gasteiger partial charge in [-0.05, 0) is 48.0 Å². The molecular weight excluding hydrogens is 341 g/mol. The van der Waals surface area contributed by atoms with Crippen LogP contribution in [0.3, 0.4) is 0 Å². The minimum absolute atomic E-state index is 0.157. The zero-order chi connectivity index (χ0) is 15.7. The van der Waals surface area contributed by atoms with Gasteiger partial charge in [0.15, 0.2) is 0 Å². The Morgan fingerprint density at radius 3 is 2.24 bits per heavy atom. The van der Waals surface area contributed by atoms with Crippen LogP contribution in [0.1, 0.15) is 24.2 Å². The summed E-state index contributed by atoms with van der Waals surface area (Å²) in [5, 5.41) is 0. The van der Waals surface area contributed by atoms with Crippen LogP contribution in [-0.2, 0) is 9.47 Å². The number of rotatable bonds is 9. The van der Waals surface area contributed by atoms with Gasteiger partial charge in [-0.15, -0.1) is 0 Å². The zero-order valence-corrected chi connectivity index (χ0v) is 14.0. The van der Waals surface area contributed by atoms with Crippen molar-refractivity contribution in [3.05, 3.63) is 34.1 Å². The molecule has 4 nitrogen and oxygen atoms in total. The van der Waals surface area contributed by atoms with E-state index in [4.69, 9.17) is 9.47 Å². The molecule has 0 radical (unpaired) electrons. The SMILES string of the molecule is CCOCCN(CCOCC)C(=O)c1ccc(F)c(Br)c1. The minimum atomic E-state index is -0.387. The van der Waals surface area contributed by atoms with Crippen molar-refractivity contribution in [2.24, 2.45) is 0 Å². The Hall–Kier alpha value is -0.980. The molecule has 0 heterocycles. The Kier molecular flexibility index (Phi) is 8.49. The Bertz CT molecular complexity index is 447. The summed E-state index contributed by atoms with van der Waals surface area (Å²) in [6, 6.07) is 4.25. The predicted octanol–water partition coefficient (Wildman–Crippen LogP) is 3.10. The van der Waals surface area contributed by atoms with Crippen LogP contribution < -0.4 is 0 Å². The van der Waals surface area contributed by atoms with Crippen LogP contribution in [0.5, 0.6) is 0 Å². The first-order chi connectivity index (χ1) is 10.1. The monoisotopic (exact) mass is 361 g/mol. The van der Waals surface area contributed by atoms with Crippen LogP contribution in [0.2, 0.25) is 0 Å². The fraction of sp³-hybridized carbons (Fsp3) is 0.533. The highest BCUT2D eigenvalue weighted by atomic mass is 79.9. The first kappa shape index (κ1) is 18.1. The molecule has 1 aromatic carbocycles.